The number of carboxylic acid groups (broad SMARTS) is 1. The van der Waals surface area contributed by atoms with Crippen LogP contribution in [0, 0.1) is 0 Å². The summed E-state index contributed by atoms with van der Waals surface area (Å²) in [7, 11) is 0. The highest BCUT2D eigenvalue weighted by molar-refractivity contribution is 6.29. The van der Waals surface area contributed by atoms with Crippen LogP contribution in [0.3, 0.4) is 0 Å². The van der Waals surface area contributed by atoms with Crippen LogP contribution in [0.5, 0.6) is 0 Å². The molecule has 2 aromatic carbocycles. The van der Waals surface area contributed by atoms with E-state index in [1.165, 1.54) is 6.07 Å². The van der Waals surface area contributed by atoms with Crippen LogP contribution in [-0.4, -0.2) is 21.0 Å². The summed E-state index contributed by atoms with van der Waals surface area (Å²) in [5.41, 5.74) is 1.69. The Bertz CT molecular complexity index is 837. The summed E-state index contributed by atoms with van der Waals surface area (Å²) in [4.78, 5) is 19.6. The van der Waals surface area contributed by atoms with E-state index in [-0.39, 0.29) is 10.8 Å². The number of nitrogens with zero attached hydrogens (tertiary/aromatic N) is 2. The van der Waals surface area contributed by atoms with Gasteiger partial charge in [-0.15, -0.1) is 0 Å². The fourth-order valence-corrected chi connectivity index (χ4v) is 2.42. The van der Waals surface area contributed by atoms with Crippen LogP contribution in [-0.2, 0) is 6.54 Å². The Hall–Kier alpha value is -2.66. The van der Waals surface area contributed by atoms with E-state index in [0.717, 1.165) is 5.56 Å². The summed E-state index contributed by atoms with van der Waals surface area (Å²) in [5.74, 6) is -0.615. The number of benzene rings is 2. The van der Waals surface area contributed by atoms with Crippen LogP contribution in [0.4, 0.5) is 5.82 Å². The molecular formula is C16H12ClN3O2. The third-order valence-electron chi connectivity index (χ3n) is 3.23. The number of aromatic carboxylic acids is 1. The van der Waals surface area contributed by atoms with E-state index < -0.39 is 5.97 Å². The largest absolute Gasteiger partial charge is 0.478 e. The van der Waals surface area contributed by atoms with Gasteiger partial charge in [-0.3, -0.25) is 0 Å². The molecule has 3 aromatic rings. The third-order valence-corrected chi connectivity index (χ3v) is 3.40. The standard InChI is InChI=1S/C16H12ClN3O2/c17-16-19-12-8-4-7-11(15(21)22)13(12)14(20-16)18-9-10-5-2-1-3-6-10/h1-8H,9H2,(H,21,22)(H,18,19,20). The Morgan fingerprint density at radius 2 is 1.86 bits per heavy atom. The molecule has 3 rings (SSSR count). The van der Waals surface area contributed by atoms with E-state index >= 15 is 0 Å². The molecule has 0 aliphatic heterocycles. The molecule has 0 fully saturated rings. The fraction of sp³-hybridized carbons (Fsp3) is 0.0625. The normalized spacial score (nSPS) is 10.6. The van der Waals surface area contributed by atoms with Crippen molar-refractivity contribution >= 4 is 34.3 Å². The van der Waals surface area contributed by atoms with Crippen molar-refractivity contribution < 1.29 is 9.90 Å². The Morgan fingerprint density at radius 3 is 2.59 bits per heavy atom. The second kappa shape index (κ2) is 5.99. The fourth-order valence-electron chi connectivity index (χ4n) is 2.24. The second-order valence-corrected chi connectivity index (χ2v) is 5.02. The van der Waals surface area contributed by atoms with Crippen molar-refractivity contribution in [2.45, 2.75) is 6.54 Å². The number of hydrogen-bond acceptors (Lipinski definition) is 4. The molecule has 110 valence electrons. The monoisotopic (exact) mass is 313 g/mol. The van der Waals surface area contributed by atoms with Crippen molar-refractivity contribution in [1.29, 1.82) is 0 Å². The minimum absolute atomic E-state index is 0.0746. The maximum Gasteiger partial charge on any atom is 0.336 e. The van der Waals surface area contributed by atoms with Gasteiger partial charge in [0.15, 0.2) is 0 Å². The summed E-state index contributed by atoms with van der Waals surface area (Å²) in [6.45, 7) is 0.511. The molecule has 1 aromatic heterocycles. The molecule has 22 heavy (non-hydrogen) atoms. The van der Waals surface area contributed by atoms with Crippen molar-refractivity contribution in [3.63, 3.8) is 0 Å². The average Bonchev–Trinajstić information content (AvgIpc) is 2.52. The van der Waals surface area contributed by atoms with Crippen molar-refractivity contribution in [3.05, 3.63) is 64.9 Å². The van der Waals surface area contributed by atoms with Gasteiger partial charge in [0.2, 0.25) is 5.28 Å². The minimum Gasteiger partial charge on any atom is -0.478 e. The van der Waals surface area contributed by atoms with Crippen LogP contribution >= 0.6 is 11.6 Å². The number of aromatic nitrogens is 2. The molecule has 5 nitrogen and oxygen atoms in total. The number of anilines is 1. The maximum absolute atomic E-state index is 11.4. The van der Waals surface area contributed by atoms with Crippen LogP contribution in [0.1, 0.15) is 15.9 Å². The Kier molecular flexibility index (Phi) is 3.89. The number of hydrogen-bond donors (Lipinski definition) is 2. The highest BCUT2D eigenvalue weighted by Gasteiger charge is 2.15. The molecule has 0 spiro atoms. The molecule has 1 heterocycles. The number of carboxylic acids is 1. The molecule has 0 amide bonds. The first-order chi connectivity index (χ1) is 10.6. The lowest BCUT2D eigenvalue weighted by Gasteiger charge is -2.11. The van der Waals surface area contributed by atoms with E-state index in [0.29, 0.717) is 23.3 Å². The van der Waals surface area contributed by atoms with Crippen molar-refractivity contribution in [2.75, 3.05) is 5.32 Å². The van der Waals surface area contributed by atoms with Crippen molar-refractivity contribution in [2.24, 2.45) is 0 Å². The lowest BCUT2D eigenvalue weighted by molar-refractivity contribution is 0.0699. The zero-order chi connectivity index (χ0) is 15.5. The van der Waals surface area contributed by atoms with Crippen LogP contribution in [0.15, 0.2) is 48.5 Å². The molecule has 0 saturated heterocycles. The van der Waals surface area contributed by atoms with Gasteiger partial charge < -0.3 is 10.4 Å². The van der Waals surface area contributed by atoms with Gasteiger partial charge >= 0.3 is 5.97 Å². The van der Waals surface area contributed by atoms with E-state index in [9.17, 15) is 9.90 Å². The number of halogens is 1. The highest BCUT2D eigenvalue weighted by Crippen LogP contribution is 2.26. The van der Waals surface area contributed by atoms with E-state index in [1.807, 2.05) is 30.3 Å². The topological polar surface area (TPSA) is 75.1 Å². The molecule has 0 aliphatic carbocycles. The van der Waals surface area contributed by atoms with Crippen LogP contribution in [0.2, 0.25) is 5.28 Å². The first-order valence-electron chi connectivity index (χ1n) is 6.62. The van der Waals surface area contributed by atoms with Crippen molar-refractivity contribution in [1.82, 2.24) is 9.97 Å². The molecule has 0 aliphatic rings. The summed E-state index contributed by atoms with van der Waals surface area (Å²) < 4.78 is 0. The molecule has 0 unspecified atom stereocenters. The van der Waals surface area contributed by atoms with Gasteiger partial charge in [-0.25, -0.2) is 14.8 Å². The quantitative estimate of drug-likeness (QED) is 0.720. The number of rotatable bonds is 4. The third kappa shape index (κ3) is 2.84. The molecule has 0 radical (unpaired) electrons. The van der Waals surface area contributed by atoms with Crippen molar-refractivity contribution in [3.8, 4) is 0 Å². The summed E-state index contributed by atoms with van der Waals surface area (Å²) >= 11 is 5.93. The summed E-state index contributed by atoms with van der Waals surface area (Å²) in [5, 5.41) is 13.0. The van der Waals surface area contributed by atoms with Gasteiger partial charge in [-0.2, -0.15) is 0 Å². The number of fused-ring (bicyclic) bond motifs is 1. The van der Waals surface area contributed by atoms with Gasteiger partial charge in [0.1, 0.15) is 5.82 Å². The lowest BCUT2D eigenvalue weighted by Crippen LogP contribution is -2.06. The maximum atomic E-state index is 11.4. The average molecular weight is 314 g/mol. The van der Waals surface area contributed by atoms with Crippen LogP contribution in [0.25, 0.3) is 10.9 Å². The Morgan fingerprint density at radius 1 is 1.09 bits per heavy atom. The van der Waals surface area contributed by atoms with Gasteiger partial charge in [0, 0.05) is 6.54 Å². The molecule has 2 N–H and O–H groups in total. The first-order valence-corrected chi connectivity index (χ1v) is 7.00. The zero-order valence-corrected chi connectivity index (χ0v) is 12.2. The summed E-state index contributed by atoms with van der Waals surface area (Å²) in [6.07, 6.45) is 0. The van der Waals surface area contributed by atoms with E-state index in [1.54, 1.807) is 12.1 Å². The number of carbonyl (C=O) groups is 1. The Balaban J connectivity index is 2.05. The first kappa shape index (κ1) is 14.3. The van der Waals surface area contributed by atoms with Gasteiger partial charge in [-0.1, -0.05) is 36.4 Å². The van der Waals surface area contributed by atoms with E-state index in [2.05, 4.69) is 15.3 Å². The number of nitrogens with one attached hydrogen (secondary N) is 1. The lowest BCUT2D eigenvalue weighted by atomic mass is 10.1. The molecule has 6 heteroatoms. The summed E-state index contributed by atoms with van der Waals surface area (Å²) in [6, 6.07) is 14.6. The van der Waals surface area contributed by atoms with Gasteiger partial charge in [-0.05, 0) is 29.3 Å². The molecule has 0 atom stereocenters. The van der Waals surface area contributed by atoms with E-state index in [4.69, 9.17) is 11.6 Å². The Labute approximate surface area is 131 Å². The molecule has 0 bridgehead atoms. The predicted molar refractivity (Wildman–Crippen MR) is 85.3 cm³/mol. The van der Waals surface area contributed by atoms with Gasteiger partial charge in [0.25, 0.3) is 0 Å². The zero-order valence-electron chi connectivity index (χ0n) is 11.5. The minimum atomic E-state index is -1.03. The predicted octanol–water partition coefficient (Wildman–Crippen LogP) is 3.59. The second-order valence-electron chi connectivity index (χ2n) is 4.69. The molecular weight excluding hydrogens is 302 g/mol. The SMILES string of the molecule is O=C(O)c1cccc2nc(Cl)nc(NCc3ccccc3)c12. The van der Waals surface area contributed by atoms with Gasteiger partial charge in [0.05, 0.1) is 16.5 Å². The van der Waals surface area contributed by atoms with Crippen LogP contribution < -0.4 is 5.32 Å². The smallest absolute Gasteiger partial charge is 0.336 e. The highest BCUT2D eigenvalue weighted by atomic mass is 35.5. The molecule has 0 saturated carbocycles.